The van der Waals surface area contributed by atoms with Crippen LogP contribution in [0, 0.1) is 10.1 Å². The van der Waals surface area contributed by atoms with E-state index in [0.717, 1.165) is 26.2 Å². The van der Waals surface area contributed by atoms with Crippen LogP contribution in [0.5, 0.6) is 0 Å². The number of nitrogens with one attached hydrogen (secondary N) is 1. The number of carbonyl (C=O) groups is 1. The lowest BCUT2D eigenvalue weighted by molar-refractivity contribution is -0.384. The molecule has 0 bridgehead atoms. The maximum Gasteiger partial charge on any atom is 0.269 e. The van der Waals surface area contributed by atoms with Crippen molar-refractivity contribution in [1.29, 1.82) is 0 Å². The van der Waals surface area contributed by atoms with Crippen LogP contribution in [-0.2, 0) is 0 Å². The molecule has 0 saturated carbocycles. The van der Waals surface area contributed by atoms with Gasteiger partial charge in [-0.25, -0.2) is 0 Å². The third-order valence-corrected chi connectivity index (χ3v) is 5.40. The Balaban J connectivity index is 1.65. The number of benzene rings is 1. The Hall–Kier alpha value is -2.29. The van der Waals surface area contributed by atoms with E-state index in [1.54, 1.807) is 11.3 Å². The highest BCUT2D eigenvalue weighted by atomic mass is 32.1. The normalized spacial score (nSPS) is 17.0. The Bertz CT molecular complexity index is 740. The van der Waals surface area contributed by atoms with Gasteiger partial charge in [-0.15, -0.1) is 0 Å². The number of piperazine rings is 1. The number of hydrogen-bond donors (Lipinski definition) is 1. The minimum atomic E-state index is -0.471. The third kappa shape index (κ3) is 4.46. The molecule has 1 saturated heterocycles. The minimum absolute atomic E-state index is 0.0184. The van der Waals surface area contributed by atoms with Gasteiger partial charge in [-0.05, 0) is 41.6 Å². The SMILES string of the molecule is CN1CCN(C(CNC(=O)c2ccc([N+](=O)[O-])cc2)c2ccsc2)CC1. The van der Waals surface area contributed by atoms with Gasteiger partial charge in [-0.3, -0.25) is 19.8 Å². The van der Waals surface area contributed by atoms with Gasteiger partial charge in [-0.2, -0.15) is 11.3 Å². The van der Waals surface area contributed by atoms with E-state index in [-0.39, 0.29) is 17.6 Å². The molecule has 1 N–H and O–H groups in total. The number of hydrogen-bond acceptors (Lipinski definition) is 6. The summed E-state index contributed by atoms with van der Waals surface area (Å²) >= 11 is 1.65. The summed E-state index contributed by atoms with van der Waals surface area (Å²) in [6.07, 6.45) is 0. The summed E-state index contributed by atoms with van der Waals surface area (Å²) in [4.78, 5) is 27.4. The molecule has 2 aromatic rings. The van der Waals surface area contributed by atoms with Crippen molar-refractivity contribution < 1.29 is 9.72 Å². The van der Waals surface area contributed by atoms with E-state index in [1.165, 1.54) is 29.8 Å². The van der Waals surface area contributed by atoms with Crippen molar-refractivity contribution in [2.75, 3.05) is 39.8 Å². The summed E-state index contributed by atoms with van der Waals surface area (Å²) in [5.74, 6) is -0.214. The Morgan fingerprint density at radius 1 is 1.23 bits per heavy atom. The van der Waals surface area contributed by atoms with Crippen molar-refractivity contribution in [3.8, 4) is 0 Å². The predicted octanol–water partition coefficient (Wildman–Crippen LogP) is 2.37. The molecule has 0 aliphatic carbocycles. The van der Waals surface area contributed by atoms with E-state index in [1.807, 2.05) is 0 Å². The summed E-state index contributed by atoms with van der Waals surface area (Å²) in [5, 5.41) is 17.9. The Labute approximate surface area is 156 Å². The Kier molecular flexibility index (Phi) is 5.97. The van der Waals surface area contributed by atoms with Gasteiger partial charge in [0, 0.05) is 50.4 Å². The number of rotatable bonds is 6. The second kappa shape index (κ2) is 8.39. The highest BCUT2D eigenvalue weighted by Gasteiger charge is 2.24. The zero-order valence-electron chi connectivity index (χ0n) is 14.6. The van der Waals surface area contributed by atoms with E-state index in [2.05, 4.69) is 39.0 Å². The molecule has 1 aliphatic rings. The number of nitro groups is 1. The molecular formula is C18H22N4O3S. The van der Waals surface area contributed by atoms with E-state index < -0.39 is 4.92 Å². The summed E-state index contributed by atoms with van der Waals surface area (Å²) in [6, 6.07) is 7.92. The molecule has 0 radical (unpaired) electrons. The van der Waals surface area contributed by atoms with Crippen LogP contribution < -0.4 is 5.32 Å². The fraction of sp³-hybridized carbons (Fsp3) is 0.389. The molecule has 8 heteroatoms. The maximum absolute atomic E-state index is 12.4. The largest absolute Gasteiger partial charge is 0.350 e. The highest BCUT2D eigenvalue weighted by molar-refractivity contribution is 7.07. The zero-order valence-corrected chi connectivity index (χ0v) is 15.4. The molecule has 3 rings (SSSR count). The fourth-order valence-electron chi connectivity index (χ4n) is 3.08. The zero-order chi connectivity index (χ0) is 18.5. The molecule has 26 heavy (non-hydrogen) atoms. The standard InChI is InChI=1S/C18H22N4O3S/c1-20-7-9-21(10-8-20)17(15-6-11-26-13-15)12-19-18(23)14-2-4-16(5-3-14)22(24)25/h2-6,11,13,17H,7-10,12H2,1H3,(H,19,23). The van der Waals surface area contributed by atoms with Gasteiger partial charge >= 0.3 is 0 Å². The predicted molar refractivity (Wildman–Crippen MR) is 102 cm³/mol. The quantitative estimate of drug-likeness (QED) is 0.620. The first-order valence-electron chi connectivity index (χ1n) is 8.52. The summed E-state index contributed by atoms with van der Waals surface area (Å²) in [5.41, 5.74) is 1.62. The van der Waals surface area contributed by atoms with Crippen molar-refractivity contribution in [3.05, 3.63) is 62.3 Å². The van der Waals surface area contributed by atoms with Crippen LogP contribution in [0.3, 0.4) is 0 Å². The van der Waals surface area contributed by atoms with Crippen LogP contribution in [0.2, 0.25) is 0 Å². The molecule has 7 nitrogen and oxygen atoms in total. The average molecular weight is 374 g/mol. The van der Waals surface area contributed by atoms with Crippen molar-refractivity contribution in [1.82, 2.24) is 15.1 Å². The van der Waals surface area contributed by atoms with Gasteiger partial charge < -0.3 is 10.2 Å². The fourth-order valence-corrected chi connectivity index (χ4v) is 3.79. The third-order valence-electron chi connectivity index (χ3n) is 4.70. The number of thiophene rings is 1. The second-order valence-corrected chi connectivity index (χ2v) is 7.21. The summed E-state index contributed by atoms with van der Waals surface area (Å²) < 4.78 is 0. The first-order valence-corrected chi connectivity index (χ1v) is 9.46. The van der Waals surface area contributed by atoms with E-state index in [9.17, 15) is 14.9 Å². The molecule has 1 aromatic carbocycles. The maximum atomic E-state index is 12.4. The molecule has 1 aliphatic heterocycles. The van der Waals surface area contributed by atoms with Crippen LogP contribution in [0.1, 0.15) is 22.0 Å². The monoisotopic (exact) mass is 374 g/mol. The van der Waals surface area contributed by atoms with Crippen molar-refractivity contribution in [2.24, 2.45) is 0 Å². The number of non-ortho nitro benzene ring substituents is 1. The Morgan fingerprint density at radius 3 is 2.50 bits per heavy atom. The van der Waals surface area contributed by atoms with E-state index in [0.29, 0.717) is 12.1 Å². The molecule has 138 valence electrons. The van der Waals surface area contributed by atoms with Gasteiger partial charge in [-0.1, -0.05) is 0 Å². The van der Waals surface area contributed by atoms with Gasteiger partial charge in [0.1, 0.15) is 0 Å². The van der Waals surface area contributed by atoms with Crippen LogP contribution >= 0.6 is 11.3 Å². The Morgan fingerprint density at radius 2 is 1.92 bits per heavy atom. The molecule has 1 unspecified atom stereocenters. The van der Waals surface area contributed by atoms with Gasteiger partial charge in [0.15, 0.2) is 0 Å². The highest BCUT2D eigenvalue weighted by Crippen LogP contribution is 2.24. The first-order chi connectivity index (χ1) is 12.5. The lowest BCUT2D eigenvalue weighted by Crippen LogP contribution is -2.48. The van der Waals surface area contributed by atoms with Crippen molar-refractivity contribution >= 4 is 22.9 Å². The van der Waals surface area contributed by atoms with Crippen LogP contribution in [-0.4, -0.2) is 60.4 Å². The van der Waals surface area contributed by atoms with Gasteiger partial charge in [0.2, 0.25) is 0 Å². The topological polar surface area (TPSA) is 78.7 Å². The van der Waals surface area contributed by atoms with Crippen LogP contribution in [0.4, 0.5) is 5.69 Å². The number of likely N-dealkylation sites (N-methyl/N-ethyl adjacent to an activating group) is 1. The lowest BCUT2D eigenvalue weighted by Gasteiger charge is -2.38. The number of nitro benzene ring substituents is 1. The molecule has 0 spiro atoms. The smallest absolute Gasteiger partial charge is 0.269 e. The average Bonchev–Trinajstić information content (AvgIpc) is 3.17. The molecule has 1 atom stereocenters. The second-order valence-electron chi connectivity index (χ2n) is 6.43. The minimum Gasteiger partial charge on any atom is -0.350 e. The number of carbonyl (C=O) groups excluding carboxylic acids is 1. The van der Waals surface area contributed by atoms with E-state index in [4.69, 9.17) is 0 Å². The van der Waals surface area contributed by atoms with Crippen molar-refractivity contribution in [2.45, 2.75) is 6.04 Å². The van der Waals surface area contributed by atoms with Crippen molar-refractivity contribution in [3.63, 3.8) is 0 Å². The summed E-state index contributed by atoms with van der Waals surface area (Å²) in [6.45, 7) is 4.46. The molecule has 1 amide bonds. The van der Waals surface area contributed by atoms with Gasteiger partial charge in [0.05, 0.1) is 11.0 Å². The van der Waals surface area contributed by atoms with Crippen LogP contribution in [0.15, 0.2) is 41.1 Å². The first kappa shape index (κ1) is 18.5. The number of amides is 1. The molecule has 2 heterocycles. The van der Waals surface area contributed by atoms with E-state index >= 15 is 0 Å². The number of nitrogens with zero attached hydrogens (tertiary/aromatic N) is 3. The van der Waals surface area contributed by atoms with Gasteiger partial charge in [0.25, 0.3) is 11.6 Å². The molecule has 1 aromatic heterocycles. The molecular weight excluding hydrogens is 352 g/mol. The molecule has 1 fully saturated rings. The summed E-state index contributed by atoms with van der Waals surface area (Å²) in [7, 11) is 2.12. The van der Waals surface area contributed by atoms with Crippen LogP contribution in [0.25, 0.3) is 0 Å². The lowest BCUT2D eigenvalue weighted by atomic mass is 10.1.